The van der Waals surface area contributed by atoms with Crippen LogP contribution in [-0.2, 0) is 10.1 Å². The summed E-state index contributed by atoms with van der Waals surface area (Å²) in [5, 5.41) is 28.3. The number of hydrogen-bond acceptors (Lipinski definition) is 6. The standard InChI is InChI=1S/C34H24N2O7S/c37-29-9-3-5-22-4-1-7-27(31(22)29)35-33(39)23-14-10-20(11-15-23)21-12-16-24(17-13-21)34(40)36-28-8-2-6-25-18-26(44(41,42)43)19-30(38)32(25)28/h1-19,37-38H,(H,35,39)(H,36,40)(H,41,42,43). The molecule has 44 heavy (non-hydrogen) atoms. The second-order valence-corrected chi connectivity index (χ2v) is 11.5. The predicted molar refractivity (Wildman–Crippen MR) is 169 cm³/mol. The molecule has 218 valence electrons. The smallest absolute Gasteiger partial charge is 0.294 e. The molecule has 0 saturated carbocycles. The van der Waals surface area contributed by atoms with Gasteiger partial charge in [-0.2, -0.15) is 8.42 Å². The number of carbonyl (C=O) groups excluding carboxylic acids is 2. The molecule has 0 aliphatic rings. The fraction of sp³-hybridized carbons (Fsp3) is 0. The maximum absolute atomic E-state index is 13.0. The first-order chi connectivity index (χ1) is 21.1. The Hall–Kier alpha value is -5.71. The summed E-state index contributed by atoms with van der Waals surface area (Å²) >= 11 is 0. The number of anilines is 2. The Balaban J connectivity index is 1.17. The van der Waals surface area contributed by atoms with Crippen molar-refractivity contribution in [3.63, 3.8) is 0 Å². The van der Waals surface area contributed by atoms with Crippen molar-refractivity contribution in [1.29, 1.82) is 0 Å². The van der Waals surface area contributed by atoms with Crippen LogP contribution in [0.3, 0.4) is 0 Å². The molecule has 6 aromatic carbocycles. The Labute approximate surface area is 251 Å². The molecule has 5 N–H and O–H groups in total. The summed E-state index contributed by atoms with van der Waals surface area (Å²) in [5.41, 5.74) is 3.18. The highest BCUT2D eigenvalue weighted by molar-refractivity contribution is 7.85. The molecule has 0 spiro atoms. The fourth-order valence-corrected chi connectivity index (χ4v) is 5.61. The third-order valence-corrected chi connectivity index (χ3v) is 8.07. The van der Waals surface area contributed by atoms with Gasteiger partial charge in [-0.25, -0.2) is 0 Å². The molecule has 0 aromatic heterocycles. The molecular formula is C34H24N2O7S. The molecule has 0 aliphatic carbocycles. The fourth-order valence-electron chi connectivity index (χ4n) is 5.07. The minimum Gasteiger partial charge on any atom is -0.507 e. The molecule has 0 fully saturated rings. The summed E-state index contributed by atoms with van der Waals surface area (Å²) in [5.74, 6) is -1.11. The highest BCUT2D eigenvalue weighted by Gasteiger charge is 2.17. The minimum absolute atomic E-state index is 0.0791. The van der Waals surface area contributed by atoms with Crippen LogP contribution < -0.4 is 10.6 Å². The molecular weight excluding hydrogens is 580 g/mol. The Morgan fingerprint density at radius 2 is 1.00 bits per heavy atom. The lowest BCUT2D eigenvalue weighted by molar-refractivity contribution is 0.101. The molecule has 2 amide bonds. The van der Waals surface area contributed by atoms with E-state index in [0.717, 1.165) is 22.6 Å². The lowest BCUT2D eigenvalue weighted by atomic mass is 10.0. The summed E-state index contributed by atoms with van der Waals surface area (Å²) in [4.78, 5) is 25.5. The molecule has 0 bridgehead atoms. The monoisotopic (exact) mass is 604 g/mol. The predicted octanol–water partition coefficient (Wildman–Crippen LogP) is 6.82. The van der Waals surface area contributed by atoms with Gasteiger partial charge in [0.2, 0.25) is 0 Å². The van der Waals surface area contributed by atoms with Crippen molar-refractivity contribution in [3.8, 4) is 22.6 Å². The van der Waals surface area contributed by atoms with Crippen molar-refractivity contribution >= 4 is 54.9 Å². The summed E-state index contributed by atoms with van der Waals surface area (Å²) in [6.07, 6.45) is 0. The van der Waals surface area contributed by atoms with Gasteiger partial charge in [0.05, 0.1) is 16.3 Å². The van der Waals surface area contributed by atoms with Crippen molar-refractivity contribution in [2.45, 2.75) is 4.90 Å². The quantitative estimate of drug-likeness (QED) is 0.131. The molecule has 0 aliphatic heterocycles. The molecule has 0 unspecified atom stereocenters. The lowest BCUT2D eigenvalue weighted by Gasteiger charge is -2.12. The van der Waals surface area contributed by atoms with Gasteiger partial charge in [0.15, 0.2) is 0 Å². The number of hydrogen-bond donors (Lipinski definition) is 5. The van der Waals surface area contributed by atoms with Gasteiger partial charge < -0.3 is 20.8 Å². The Kier molecular flexibility index (Phi) is 7.22. The SMILES string of the molecule is O=C(Nc1cccc2cccc(O)c12)c1ccc(-c2ccc(C(=O)Nc3cccc4cc(S(=O)(=O)O)cc(O)c34)cc2)cc1. The molecule has 0 atom stereocenters. The number of phenolic OH excluding ortho intramolecular Hbond substituents is 2. The van der Waals surface area contributed by atoms with E-state index in [0.29, 0.717) is 27.6 Å². The summed E-state index contributed by atoms with van der Waals surface area (Å²) < 4.78 is 32.4. The summed E-state index contributed by atoms with van der Waals surface area (Å²) in [7, 11) is -4.53. The number of aromatic hydroxyl groups is 2. The molecule has 0 radical (unpaired) electrons. The number of carbonyl (C=O) groups is 2. The van der Waals surface area contributed by atoms with Crippen LogP contribution in [0, 0.1) is 0 Å². The molecule has 6 rings (SSSR count). The third-order valence-electron chi connectivity index (χ3n) is 7.23. The van der Waals surface area contributed by atoms with Gasteiger partial charge >= 0.3 is 0 Å². The first kappa shape index (κ1) is 28.4. The second-order valence-electron chi connectivity index (χ2n) is 10.1. The van der Waals surface area contributed by atoms with E-state index in [9.17, 15) is 32.8 Å². The zero-order valence-electron chi connectivity index (χ0n) is 22.9. The average molecular weight is 605 g/mol. The number of nitrogens with one attached hydrogen (secondary N) is 2. The average Bonchev–Trinajstić information content (AvgIpc) is 3.01. The van der Waals surface area contributed by atoms with Crippen LogP contribution in [0.1, 0.15) is 20.7 Å². The number of benzene rings is 6. The molecule has 6 aromatic rings. The van der Waals surface area contributed by atoms with Gasteiger partial charge in [0.25, 0.3) is 21.9 Å². The van der Waals surface area contributed by atoms with Crippen LogP contribution in [0.5, 0.6) is 11.5 Å². The highest BCUT2D eigenvalue weighted by atomic mass is 32.2. The van der Waals surface area contributed by atoms with Crippen molar-refractivity contribution < 1.29 is 32.8 Å². The molecule has 0 saturated heterocycles. The van der Waals surface area contributed by atoms with Crippen LogP contribution >= 0.6 is 0 Å². The van der Waals surface area contributed by atoms with Gasteiger partial charge in [-0.3, -0.25) is 14.1 Å². The van der Waals surface area contributed by atoms with Gasteiger partial charge in [0.1, 0.15) is 11.5 Å². The van der Waals surface area contributed by atoms with E-state index in [4.69, 9.17) is 0 Å². The molecule has 9 nitrogen and oxygen atoms in total. The first-order valence-electron chi connectivity index (χ1n) is 13.4. The van der Waals surface area contributed by atoms with Gasteiger partial charge in [-0.05, 0) is 70.4 Å². The normalized spacial score (nSPS) is 11.4. The van der Waals surface area contributed by atoms with Gasteiger partial charge in [0, 0.05) is 28.0 Å². The topological polar surface area (TPSA) is 153 Å². The lowest BCUT2D eigenvalue weighted by Crippen LogP contribution is -2.12. The van der Waals surface area contributed by atoms with Gasteiger partial charge in [-0.15, -0.1) is 0 Å². The van der Waals surface area contributed by atoms with Crippen LogP contribution in [0.4, 0.5) is 11.4 Å². The molecule has 10 heteroatoms. The zero-order chi connectivity index (χ0) is 31.0. The van der Waals surface area contributed by atoms with Gasteiger partial charge in [-0.1, -0.05) is 60.7 Å². The minimum atomic E-state index is -4.53. The Morgan fingerprint density at radius 3 is 1.50 bits per heavy atom. The van der Waals surface area contributed by atoms with Crippen LogP contribution in [0.25, 0.3) is 32.7 Å². The third kappa shape index (κ3) is 5.54. The Morgan fingerprint density at radius 1 is 0.545 bits per heavy atom. The number of amides is 2. The Bertz CT molecular complexity index is 2190. The number of fused-ring (bicyclic) bond motifs is 2. The van der Waals surface area contributed by atoms with E-state index in [1.807, 2.05) is 12.1 Å². The maximum atomic E-state index is 13.0. The van der Waals surface area contributed by atoms with E-state index in [2.05, 4.69) is 10.6 Å². The highest BCUT2D eigenvalue weighted by Crippen LogP contribution is 2.35. The van der Waals surface area contributed by atoms with Crippen molar-refractivity contribution in [3.05, 3.63) is 126 Å². The second kappa shape index (κ2) is 11.2. The van der Waals surface area contributed by atoms with Crippen molar-refractivity contribution in [2.75, 3.05) is 10.6 Å². The van der Waals surface area contributed by atoms with Crippen LogP contribution in [0.2, 0.25) is 0 Å². The van der Waals surface area contributed by atoms with E-state index in [1.54, 1.807) is 91.0 Å². The molecule has 0 heterocycles. The summed E-state index contributed by atoms with van der Waals surface area (Å²) in [6, 6.07) is 31.2. The van der Waals surface area contributed by atoms with E-state index in [-0.39, 0.29) is 22.7 Å². The van der Waals surface area contributed by atoms with Crippen molar-refractivity contribution in [2.24, 2.45) is 0 Å². The number of rotatable bonds is 6. The van der Waals surface area contributed by atoms with E-state index >= 15 is 0 Å². The maximum Gasteiger partial charge on any atom is 0.294 e. The zero-order valence-corrected chi connectivity index (χ0v) is 23.7. The number of phenols is 2. The van der Waals surface area contributed by atoms with Crippen LogP contribution in [0.15, 0.2) is 120 Å². The first-order valence-corrected chi connectivity index (χ1v) is 14.8. The van der Waals surface area contributed by atoms with E-state index < -0.39 is 26.7 Å². The largest absolute Gasteiger partial charge is 0.507 e. The van der Waals surface area contributed by atoms with Crippen molar-refractivity contribution in [1.82, 2.24) is 0 Å². The summed E-state index contributed by atoms with van der Waals surface area (Å²) in [6.45, 7) is 0. The van der Waals surface area contributed by atoms with Crippen LogP contribution in [-0.4, -0.2) is 35.0 Å². The van der Waals surface area contributed by atoms with E-state index in [1.165, 1.54) is 6.07 Å².